The molecule has 168 valence electrons. The minimum atomic E-state index is -0.712. The van der Waals surface area contributed by atoms with Crippen molar-refractivity contribution in [3.63, 3.8) is 0 Å². The maximum absolute atomic E-state index is 13.1. The lowest BCUT2D eigenvalue weighted by molar-refractivity contribution is -0.142. The Morgan fingerprint density at radius 3 is 2.39 bits per heavy atom. The van der Waals surface area contributed by atoms with Crippen LogP contribution in [-0.2, 0) is 16.1 Å². The molecular formula is C23H27BrCl2N2O3. The van der Waals surface area contributed by atoms with Gasteiger partial charge in [-0.3, -0.25) is 9.59 Å². The molecule has 2 aromatic rings. The molecule has 0 bridgehead atoms. The molecule has 0 fully saturated rings. The fourth-order valence-electron chi connectivity index (χ4n) is 2.83. The monoisotopic (exact) mass is 528 g/mol. The Hall–Kier alpha value is -1.76. The van der Waals surface area contributed by atoms with Crippen molar-refractivity contribution < 1.29 is 14.3 Å². The molecule has 8 heteroatoms. The van der Waals surface area contributed by atoms with E-state index >= 15 is 0 Å². The number of benzene rings is 2. The van der Waals surface area contributed by atoms with Gasteiger partial charge in [0, 0.05) is 16.6 Å². The van der Waals surface area contributed by atoms with Crippen LogP contribution in [0.1, 0.15) is 38.8 Å². The van der Waals surface area contributed by atoms with Crippen LogP contribution in [0.25, 0.3) is 0 Å². The highest BCUT2D eigenvalue weighted by Crippen LogP contribution is 2.24. The Morgan fingerprint density at radius 2 is 1.81 bits per heavy atom. The van der Waals surface area contributed by atoms with Crippen molar-refractivity contribution in [1.29, 1.82) is 0 Å². The highest BCUT2D eigenvalue weighted by atomic mass is 79.9. The van der Waals surface area contributed by atoms with Crippen LogP contribution in [0, 0.1) is 6.92 Å². The van der Waals surface area contributed by atoms with Crippen LogP contribution in [0.15, 0.2) is 40.9 Å². The molecule has 2 aromatic carbocycles. The van der Waals surface area contributed by atoms with Gasteiger partial charge in [0.05, 0.1) is 10.0 Å². The molecule has 2 amide bonds. The third-order valence-electron chi connectivity index (χ3n) is 4.49. The number of hydrogen-bond acceptors (Lipinski definition) is 3. The third-order valence-corrected chi connectivity index (χ3v) is 6.12. The molecule has 0 radical (unpaired) electrons. The maximum atomic E-state index is 13.1. The number of carbonyl (C=O) groups is 2. The number of hydrogen-bond donors (Lipinski definition) is 1. The Balaban J connectivity index is 2.21. The Kier molecular flexibility index (Phi) is 8.81. The smallest absolute Gasteiger partial charge is 0.261 e. The van der Waals surface area contributed by atoms with E-state index in [0.29, 0.717) is 15.8 Å². The minimum Gasteiger partial charge on any atom is -0.484 e. The molecule has 0 aliphatic rings. The Labute approximate surface area is 202 Å². The fourth-order valence-corrected chi connectivity index (χ4v) is 3.39. The zero-order valence-corrected chi connectivity index (χ0v) is 21.4. The molecule has 1 N–H and O–H groups in total. The third kappa shape index (κ3) is 7.70. The summed E-state index contributed by atoms with van der Waals surface area (Å²) in [5.74, 6) is 0.0129. The van der Waals surface area contributed by atoms with Gasteiger partial charge in [-0.25, -0.2) is 0 Å². The van der Waals surface area contributed by atoms with Gasteiger partial charge in [0.2, 0.25) is 5.91 Å². The molecule has 5 nitrogen and oxygen atoms in total. The second-order valence-electron chi connectivity index (χ2n) is 8.38. The molecule has 31 heavy (non-hydrogen) atoms. The molecule has 0 unspecified atom stereocenters. The van der Waals surface area contributed by atoms with E-state index < -0.39 is 11.6 Å². The first-order valence-electron chi connectivity index (χ1n) is 9.82. The molecule has 2 rings (SSSR count). The van der Waals surface area contributed by atoms with Crippen molar-refractivity contribution >= 4 is 50.9 Å². The summed E-state index contributed by atoms with van der Waals surface area (Å²) in [5, 5.41) is 3.74. The van der Waals surface area contributed by atoms with Crippen LogP contribution in [-0.4, -0.2) is 34.9 Å². The number of aryl methyl sites for hydroxylation is 1. The van der Waals surface area contributed by atoms with Crippen LogP contribution in [0.2, 0.25) is 10.0 Å². The number of amides is 2. The summed E-state index contributed by atoms with van der Waals surface area (Å²) in [5.41, 5.74) is 1.34. The molecule has 0 heterocycles. The summed E-state index contributed by atoms with van der Waals surface area (Å²) in [6, 6.07) is 9.92. The SMILES string of the molecule is Cc1cc(OCC(=O)N(Cc2ccc(Cl)c(Cl)c2)[C@H](C)C(=O)NC(C)(C)C)ccc1Br. The first kappa shape index (κ1) is 25.5. The standard InChI is InChI=1S/C23H27BrCl2N2O3/c1-14-10-17(7-8-18(14)24)31-13-21(29)28(15(2)22(30)27-23(3,4)5)12-16-6-9-19(25)20(26)11-16/h6-11,15H,12-13H2,1-5H3,(H,27,30)/t15-/m1/s1. The number of halogens is 3. The second kappa shape index (κ2) is 10.7. The summed E-state index contributed by atoms with van der Waals surface area (Å²) in [4.78, 5) is 27.3. The molecule has 0 saturated heterocycles. The van der Waals surface area contributed by atoms with Gasteiger partial charge in [-0.15, -0.1) is 0 Å². The molecular weight excluding hydrogens is 503 g/mol. The van der Waals surface area contributed by atoms with E-state index in [1.807, 2.05) is 39.8 Å². The summed E-state index contributed by atoms with van der Waals surface area (Å²) in [6.45, 7) is 9.30. The van der Waals surface area contributed by atoms with Crippen LogP contribution in [0.4, 0.5) is 0 Å². The second-order valence-corrected chi connectivity index (χ2v) is 10.1. The van der Waals surface area contributed by atoms with Crippen molar-refractivity contribution in [1.82, 2.24) is 10.2 Å². The van der Waals surface area contributed by atoms with Crippen LogP contribution < -0.4 is 10.1 Å². The van der Waals surface area contributed by atoms with E-state index in [2.05, 4.69) is 21.2 Å². The lowest BCUT2D eigenvalue weighted by Gasteiger charge is -2.31. The van der Waals surface area contributed by atoms with Crippen molar-refractivity contribution in [3.8, 4) is 5.75 Å². The van der Waals surface area contributed by atoms with E-state index in [-0.39, 0.29) is 25.0 Å². The lowest BCUT2D eigenvalue weighted by atomic mass is 10.1. The van der Waals surface area contributed by atoms with Gasteiger partial charge >= 0.3 is 0 Å². The van der Waals surface area contributed by atoms with Crippen molar-refractivity contribution in [2.75, 3.05) is 6.61 Å². The zero-order chi connectivity index (χ0) is 23.3. The van der Waals surface area contributed by atoms with Crippen LogP contribution >= 0.6 is 39.1 Å². The summed E-state index contributed by atoms with van der Waals surface area (Å²) in [6.07, 6.45) is 0. The Morgan fingerprint density at radius 1 is 1.13 bits per heavy atom. The van der Waals surface area contributed by atoms with Gasteiger partial charge in [0.25, 0.3) is 5.91 Å². The average Bonchev–Trinajstić information content (AvgIpc) is 2.67. The Bertz CT molecular complexity index is 960. The summed E-state index contributed by atoms with van der Waals surface area (Å²) < 4.78 is 6.66. The van der Waals surface area contributed by atoms with E-state index in [0.717, 1.165) is 15.6 Å². The molecule has 0 aliphatic heterocycles. The highest BCUT2D eigenvalue weighted by Gasteiger charge is 2.28. The number of rotatable bonds is 7. The van der Waals surface area contributed by atoms with Crippen molar-refractivity contribution in [2.24, 2.45) is 0 Å². The maximum Gasteiger partial charge on any atom is 0.261 e. The van der Waals surface area contributed by atoms with E-state index in [4.69, 9.17) is 27.9 Å². The first-order chi connectivity index (χ1) is 14.4. The number of nitrogens with zero attached hydrogens (tertiary/aromatic N) is 1. The van der Waals surface area contributed by atoms with E-state index in [1.165, 1.54) is 4.90 Å². The minimum absolute atomic E-state index is 0.192. The van der Waals surface area contributed by atoms with Crippen LogP contribution in [0.3, 0.4) is 0 Å². The lowest BCUT2D eigenvalue weighted by Crippen LogP contribution is -2.53. The van der Waals surface area contributed by atoms with Gasteiger partial charge in [0.1, 0.15) is 11.8 Å². The summed E-state index contributed by atoms with van der Waals surface area (Å²) in [7, 11) is 0. The first-order valence-corrected chi connectivity index (χ1v) is 11.4. The van der Waals surface area contributed by atoms with Gasteiger partial charge in [0.15, 0.2) is 6.61 Å². The molecule has 0 spiro atoms. The van der Waals surface area contributed by atoms with Gasteiger partial charge < -0.3 is 15.0 Å². The van der Waals surface area contributed by atoms with Crippen molar-refractivity contribution in [3.05, 3.63) is 62.0 Å². The van der Waals surface area contributed by atoms with E-state index in [1.54, 1.807) is 31.2 Å². The molecule has 0 saturated carbocycles. The predicted molar refractivity (Wildman–Crippen MR) is 129 cm³/mol. The average molecular weight is 530 g/mol. The number of ether oxygens (including phenoxy) is 1. The quantitative estimate of drug-likeness (QED) is 0.495. The topological polar surface area (TPSA) is 58.6 Å². The summed E-state index contributed by atoms with van der Waals surface area (Å²) >= 11 is 15.6. The predicted octanol–water partition coefficient (Wildman–Crippen LogP) is 5.78. The number of nitrogens with one attached hydrogen (secondary N) is 1. The zero-order valence-electron chi connectivity index (χ0n) is 18.3. The molecule has 0 aromatic heterocycles. The highest BCUT2D eigenvalue weighted by molar-refractivity contribution is 9.10. The van der Waals surface area contributed by atoms with Crippen molar-refractivity contribution in [2.45, 2.75) is 52.7 Å². The van der Waals surface area contributed by atoms with Gasteiger partial charge in [-0.2, -0.15) is 0 Å². The number of carbonyl (C=O) groups excluding carboxylic acids is 2. The van der Waals surface area contributed by atoms with Gasteiger partial charge in [-0.1, -0.05) is 45.2 Å². The van der Waals surface area contributed by atoms with Gasteiger partial charge in [-0.05, 0) is 76.1 Å². The molecule has 1 atom stereocenters. The fraction of sp³-hybridized carbons (Fsp3) is 0.391. The molecule has 0 aliphatic carbocycles. The van der Waals surface area contributed by atoms with Crippen LogP contribution in [0.5, 0.6) is 5.75 Å². The normalized spacial score (nSPS) is 12.3. The largest absolute Gasteiger partial charge is 0.484 e. The van der Waals surface area contributed by atoms with E-state index in [9.17, 15) is 9.59 Å².